The maximum absolute atomic E-state index is 6.60. The molecule has 0 N–H and O–H groups in total. The summed E-state index contributed by atoms with van der Waals surface area (Å²) in [5.41, 5.74) is 13.5. The molecule has 0 unspecified atom stereocenters. The van der Waals surface area contributed by atoms with Crippen LogP contribution in [0.2, 0.25) is 0 Å². The summed E-state index contributed by atoms with van der Waals surface area (Å²) in [5.74, 6) is 0. The number of hydrogen-bond donors (Lipinski definition) is 0. The second-order valence-electron chi connectivity index (χ2n) is 13.3. The fourth-order valence-electron chi connectivity index (χ4n) is 8.27. The number of para-hydroxylation sites is 5. The molecule has 0 amide bonds. The molecule has 11 rings (SSSR count). The van der Waals surface area contributed by atoms with Crippen molar-refractivity contribution in [3.8, 4) is 33.6 Å². The molecule has 11 aromatic rings. The highest BCUT2D eigenvalue weighted by atomic mass is 16.3. The van der Waals surface area contributed by atoms with Crippen LogP contribution in [0.4, 0.5) is 0 Å². The molecular formula is C48H30N2O. The highest BCUT2D eigenvalue weighted by Gasteiger charge is 2.21. The van der Waals surface area contributed by atoms with Gasteiger partial charge >= 0.3 is 0 Å². The van der Waals surface area contributed by atoms with Crippen LogP contribution in [-0.2, 0) is 0 Å². The van der Waals surface area contributed by atoms with Crippen LogP contribution in [0.15, 0.2) is 186 Å². The molecule has 0 spiro atoms. The SMILES string of the molecule is c1ccc(-c2cc3c(cc2-c2ccc4c(c2)c2ccccc2n4-c2ccccc2)c2ccccc2n3-c2cccc3c2oc2ccccc23)cc1. The number of aromatic nitrogens is 2. The molecule has 0 saturated carbocycles. The molecular weight excluding hydrogens is 621 g/mol. The van der Waals surface area contributed by atoms with Gasteiger partial charge in [0.15, 0.2) is 5.58 Å². The first kappa shape index (κ1) is 28.0. The minimum absolute atomic E-state index is 0.895. The normalized spacial score (nSPS) is 11.9. The molecule has 0 saturated heterocycles. The number of furan rings is 1. The third kappa shape index (κ3) is 4.12. The van der Waals surface area contributed by atoms with Gasteiger partial charge in [-0.15, -0.1) is 0 Å². The van der Waals surface area contributed by atoms with Crippen LogP contribution in [0.1, 0.15) is 0 Å². The second kappa shape index (κ2) is 10.8. The van der Waals surface area contributed by atoms with Crippen LogP contribution in [0, 0.1) is 0 Å². The van der Waals surface area contributed by atoms with Crippen molar-refractivity contribution in [2.75, 3.05) is 0 Å². The Bertz CT molecular complexity index is 3130. The van der Waals surface area contributed by atoms with Crippen molar-refractivity contribution in [1.29, 1.82) is 0 Å². The second-order valence-corrected chi connectivity index (χ2v) is 13.3. The summed E-state index contributed by atoms with van der Waals surface area (Å²) in [4.78, 5) is 0. The Morgan fingerprint density at radius 1 is 0.333 bits per heavy atom. The number of rotatable bonds is 4. The van der Waals surface area contributed by atoms with Gasteiger partial charge in [0.2, 0.25) is 0 Å². The monoisotopic (exact) mass is 650 g/mol. The van der Waals surface area contributed by atoms with E-state index in [9.17, 15) is 0 Å². The zero-order valence-electron chi connectivity index (χ0n) is 27.6. The van der Waals surface area contributed by atoms with E-state index in [4.69, 9.17) is 4.42 Å². The molecule has 0 atom stereocenters. The molecule has 3 heterocycles. The van der Waals surface area contributed by atoms with Gasteiger partial charge in [0.25, 0.3) is 0 Å². The van der Waals surface area contributed by atoms with Gasteiger partial charge in [0.05, 0.1) is 27.8 Å². The lowest BCUT2D eigenvalue weighted by Crippen LogP contribution is -1.95. The van der Waals surface area contributed by atoms with Gasteiger partial charge in [-0.1, -0.05) is 121 Å². The number of benzene rings is 8. The highest BCUT2D eigenvalue weighted by Crippen LogP contribution is 2.44. The lowest BCUT2D eigenvalue weighted by molar-refractivity contribution is 0.666. The van der Waals surface area contributed by atoms with E-state index in [1.54, 1.807) is 0 Å². The van der Waals surface area contributed by atoms with Crippen LogP contribution in [0.5, 0.6) is 0 Å². The Morgan fingerprint density at radius 3 is 1.71 bits per heavy atom. The fraction of sp³-hybridized carbons (Fsp3) is 0. The van der Waals surface area contributed by atoms with Gasteiger partial charge in [0, 0.05) is 38.0 Å². The van der Waals surface area contributed by atoms with E-state index in [0.717, 1.165) is 44.3 Å². The number of nitrogens with zero attached hydrogens (tertiary/aromatic N) is 2. The van der Waals surface area contributed by atoms with Crippen LogP contribution in [0.25, 0.3) is 99.2 Å². The first-order chi connectivity index (χ1) is 25.3. The van der Waals surface area contributed by atoms with Gasteiger partial charge < -0.3 is 13.6 Å². The minimum atomic E-state index is 0.895. The predicted molar refractivity (Wildman–Crippen MR) is 213 cm³/mol. The molecule has 0 aliphatic carbocycles. The quantitative estimate of drug-likeness (QED) is 0.186. The lowest BCUT2D eigenvalue weighted by Gasteiger charge is -2.14. The van der Waals surface area contributed by atoms with Crippen molar-refractivity contribution in [1.82, 2.24) is 9.13 Å². The van der Waals surface area contributed by atoms with E-state index < -0.39 is 0 Å². The zero-order chi connectivity index (χ0) is 33.5. The van der Waals surface area contributed by atoms with Gasteiger partial charge in [-0.2, -0.15) is 0 Å². The zero-order valence-corrected chi connectivity index (χ0v) is 27.6. The molecule has 0 aliphatic rings. The van der Waals surface area contributed by atoms with E-state index >= 15 is 0 Å². The van der Waals surface area contributed by atoms with Crippen molar-refractivity contribution in [2.24, 2.45) is 0 Å². The summed E-state index contributed by atoms with van der Waals surface area (Å²) in [6, 6.07) is 65.5. The summed E-state index contributed by atoms with van der Waals surface area (Å²) in [6.07, 6.45) is 0. The maximum Gasteiger partial charge on any atom is 0.159 e. The lowest BCUT2D eigenvalue weighted by atomic mass is 9.92. The van der Waals surface area contributed by atoms with Crippen molar-refractivity contribution in [2.45, 2.75) is 0 Å². The molecule has 3 heteroatoms. The molecule has 0 fully saturated rings. The smallest absolute Gasteiger partial charge is 0.159 e. The molecule has 8 aromatic carbocycles. The number of hydrogen-bond acceptors (Lipinski definition) is 1. The van der Waals surface area contributed by atoms with Crippen LogP contribution < -0.4 is 0 Å². The molecule has 0 bridgehead atoms. The third-order valence-electron chi connectivity index (χ3n) is 10.5. The van der Waals surface area contributed by atoms with Gasteiger partial charge in [-0.25, -0.2) is 0 Å². The van der Waals surface area contributed by atoms with Gasteiger partial charge in [0.1, 0.15) is 5.58 Å². The average molecular weight is 651 g/mol. The third-order valence-corrected chi connectivity index (χ3v) is 10.5. The average Bonchev–Trinajstić information content (AvgIpc) is 3.85. The summed E-state index contributed by atoms with van der Waals surface area (Å²) >= 11 is 0. The molecule has 3 aromatic heterocycles. The first-order valence-electron chi connectivity index (χ1n) is 17.4. The summed E-state index contributed by atoms with van der Waals surface area (Å²) in [5, 5.41) is 7.16. The Balaban J connectivity index is 1.22. The van der Waals surface area contributed by atoms with Crippen molar-refractivity contribution < 1.29 is 4.42 Å². The van der Waals surface area contributed by atoms with Crippen molar-refractivity contribution >= 4 is 65.6 Å². The minimum Gasteiger partial charge on any atom is -0.454 e. The standard InChI is InChI=1S/C48H30N2O/c1-3-14-31(15-4-1)39-30-46-41(35-19-8-11-23-43(35)50(46)45-24-13-21-37-36-20-9-12-25-47(36)51-48(37)45)29-38(39)32-26-27-44-40(28-32)34-18-7-10-22-42(34)49(44)33-16-5-2-6-17-33/h1-30H. The molecule has 3 nitrogen and oxygen atoms in total. The van der Waals surface area contributed by atoms with Crippen LogP contribution in [-0.4, -0.2) is 9.13 Å². The van der Waals surface area contributed by atoms with E-state index in [1.165, 1.54) is 54.8 Å². The highest BCUT2D eigenvalue weighted by molar-refractivity contribution is 6.16. The van der Waals surface area contributed by atoms with Gasteiger partial charge in [-0.3, -0.25) is 0 Å². The van der Waals surface area contributed by atoms with E-state index in [0.29, 0.717) is 0 Å². The Hall–Kier alpha value is -6.84. The number of fused-ring (bicyclic) bond motifs is 9. The Kier molecular flexibility index (Phi) is 5.96. The Labute approximate surface area is 293 Å². The predicted octanol–water partition coefficient (Wildman–Crippen LogP) is 13.1. The summed E-state index contributed by atoms with van der Waals surface area (Å²) in [7, 11) is 0. The van der Waals surface area contributed by atoms with Gasteiger partial charge in [-0.05, 0) is 82.9 Å². The molecule has 0 radical (unpaired) electrons. The Morgan fingerprint density at radius 2 is 0.922 bits per heavy atom. The topological polar surface area (TPSA) is 23.0 Å². The molecule has 238 valence electrons. The van der Waals surface area contributed by atoms with E-state index in [2.05, 4.69) is 185 Å². The fourth-order valence-corrected chi connectivity index (χ4v) is 8.27. The first-order valence-corrected chi connectivity index (χ1v) is 17.4. The van der Waals surface area contributed by atoms with E-state index in [1.807, 2.05) is 6.07 Å². The molecule has 51 heavy (non-hydrogen) atoms. The summed E-state index contributed by atoms with van der Waals surface area (Å²) < 4.78 is 11.4. The van der Waals surface area contributed by atoms with E-state index in [-0.39, 0.29) is 0 Å². The van der Waals surface area contributed by atoms with Crippen LogP contribution in [0.3, 0.4) is 0 Å². The van der Waals surface area contributed by atoms with Crippen molar-refractivity contribution in [3.63, 3.8) is 0 Å². The summed E-state index contributed by atoms with van der Waals surface area (Å²) in [6.45, 7) is 0. The molecule has 0 aliphatic heterocycles. The van der Waals surface area contributed by atoms with Crippen LogP contribution >= 0.6 is 0 Å². The largest absolute Gasteiger partial charge is 0.454 e. The maximum atomic E-state index is 6.60. The van der Waals surface area contributed by atoms with Crippen molar-refractivity contribution in [3.05, 3.63) is 182 Å².